The van der Waals surface area contributed by atoms with Crippen LogP contribution in [0.25, 0.3) is 6.08 Å². The van der Waals surface area contributed by atoms with E-state index in [1.807, 2.05) is 0 Å². The van der Waals surface area contributed by atoms with Crippen molar-refractivity contribution in [2.24, 2.45) is 4.99 Å². The smallest absolute Gasteiger partial charge is 0.387 e. The van der Waals surface area contributed by atoms with Crippen LogP contribution in [0.4, 0.5) is 8.78 Å². The van der Waals surface area contributed by atoms with E-state index in [2.05, 4.69) is 25.7 Å². The van der Waals surface area contributed by atoms with Crippen molar-refractivity contribution in [2.45, 2.75) is 26.5 Å². The van der Waals surface area contributed by atoms with Gasteiger partial charge in [0.2, 0.25) is 0 Å². The zero-order valence-electron chi connectivity index (χ0n) is 19.5. The first-order chi connectivity index (χ1) is 17.2. The van der Waals surface area contributed by atoms with Crippen LogP contribution in [0.2, 0.25) is 0 Å². The van der Waals surface area contributed by atoms with Gasteiger partial charge in [-0.1, -0.05) is 39.4 Å². The molecule has 0 spiro atoms. The molecule has 0 saturated carbocycles. The van der Waals surface area contributed by atoms with Crippen LogP contribution in [-0.4, -0.2) is 30.9 Å². The molecule has 1 aromatic heterocycles. The average Bonchev–Trinajstić information content (AvgIpc) is 3.13. The molecule has 0 radical (unpaired) electrons. The molecule has 188 valence electrons. The lowest BCUT2D eigenvalue weighted by atomic mass is 9.95. The van der Waals surface area contributed by atoms with Gasteiger partial charge in [-0.2, -0.15) is 8.78 Å². The third-order valence-electron chi connectivity index (χ3n) is 5.41. The van der Waals surface area contributed by atoms with Crippen molar-refractivity contribution in [3.63, 3.8) is 0 Å². The third kappa shape index (κ3) is 5.12. The van der Waals surface area contributed by atoms with E-state index in [0.29, 0.717) is 31.9 Å². The van der Waals surface area contributed by atoms with Crippen molar-refractivity contribution >= 4 is 39.3 Å². The van der Waals surface area contributed by atoms with Crippen LogP contribution in [0.3, 0.4) is 0 Å². The normalized spacial score (nSPS) is 15.5. The predicted octanol–water partition coefficient (Wildman–Crippen LogP) is 4.17. The summed E-state index contributed by atoms with van der Waals surface area (Å²) >= 11 is 4.62. The highest BCUT2D eigenvalue weighted by Gasteiger charge is 2.35. The topological polar surface area (TPSA) is 79.1 Å². The highest BCUT2D eigenvalue weighted by molar-refractivity contribution is 9.10. The Kier molecular flexibility index (Phi) is 7.70. The number of aromatic nitrogens is 1. The molecule has 2 aromatic carbocycles. The van der Waals surface area contributed by atoms with Gasteiger partial charge in [-0.3, -0.25) is 9.36 Å². The molecule has 36 heavy (non-hydrogen) atoms. The number of hydrogen-bond acceptors (Lipinski definition) is 7. The molecule has 1 atom stereocenters. The number of rotatable bonds is 7. The molecule has 0 unspecified atom stereocenters. The Hall–Kier alpha value is -3.31. The van der Waals surface area contributed by atoms with Gasteiger partial charge in [0, 0.05) is 10.0 Å². The van der Waals surface area contributed by atoms with Gasteiger partial charge in [-0.05, 0) is 55.8 Å². The van der Waals surface area contributed by atoms with Gasteiger partial charge in [-0.15, -0.1) is 0 Å². The Labute approximate surface area is 217 Å². The van der Waals surface area contributed by atoms with Crippen LogP contribution in [0.1, 0.15) is 31.0 Å². The second kappa shape index (κ2) is 10.8. The zero-order chi connectivity index (χ0) is 26.0. The molecule has 11 heteroatoms. The first kappa shape index (κ1) is 25.8. The summed E-state index contributed by atoms with van der Waals surface area (Å²) in [5.41, 5.74) is 1.50. The summed E-state index contributed by atoms with van der Waals surface area (Å²) in [5, 5.41) is 0. The summed E-state index contributed by atoms with van der Waals surface area (Å²) in [6, 6.07) is 10.4. The highest BCUT2D eigenvalue weighted by Crippen LogP contribution is 2.37. The lowest BCUT2D eigenvalue weighted by Gasteiger charge is -2.26. The standard InChI is InChI=1S/C25H21BrF2N2O5S/c1-4-34-23(32)20-13(2)29-25-30(21(20)17-12-15(26)7-10-18(17)33-3)22(31)19(36-25)11-14-5-8-16(9-6-14)35-24(27)28/h5-12,21,24H,4H2,1-3H3/b19-11-/t21-/m1/s1. The fourth-order valence-corrected chi connectivity index (χ4v) is 5.33. The van der Waals surface area contributed by atoms with Gasteiger partial charge in [0.15, 0.2) is 4.80 Å². The number of esters is 1. The van der Waals surface area contributed by atoms with Gasteiger partial charge in [0.1, 0.15) is 17.5 Å². The Morgan fingerprint density at radius 3 is 2.61 bits per heavy atom. The number of halogens is 3. The second-order valence-electron chi connectivity index (χ2n) is 7.64. The van der Waals surface area contributed by atoms with Crippen LogP contribution in [0.5, 0.6) is 11.5 Å². The first-order valence-electron chi connectivity index (χ1n) is 10.8. The molecular weight excluding hydrogens is 558 g/mol. The van der Waals surface area contributed by atoms with Crippen LogP contribution in [0, 0.1) is 0 Å². The molecule has 0 fully saturated rings. The van der Waals surface area contributed by atoms with Crippen LogP contribution >= 0.6 is 27.3 Å². The third-order valence-corrected chi connectivity index (χ3v) is 6.88. The summed E-state index contributed by atoms with van der Waals surface area (Å²) < 4.78 is 42.7. The average molecular weight is 579 g/mol. The molecule has 0 aliphatic carbocycles. The second-order valence-corrected chi connectivity index (χ2v) is 9.56. The molecule has 1 aliphatic rings. The molecular formula is C25H21BrF2N2O5S. The van der Waals surface area contributed by atoms with E-state index in [-0.39, 0.29) is 23.5 Å². The van der Waals surface area contributed by atoms with Gasteiger partial charge < -0.3 is 14.2 Å². The summed E-state index contributed by atoms with van der Waals surface area (Å²) in [6.07, 6.45) is 1.63. The molecule has 1 aliphatic heterocycles. The molecule has 2 heterocycles. The lowest BCUT2D eigenvalue weighted by molar-refractivity contribution is -0.139. The number of methoxy groups -OCH3 is 1. The minimum Gasteiger partial charge on any atom is -0.496 e. The predicted molar refractivity (Wildman–Crippen MR) is 134 cm³/mol. The number of nitrogens with zero attached hydrogens (tertiary/aromatic N) is 2. The Balaban J connectivity index is 1.91. The van der Waals surface area contributed by atoms with E-state index < -0.39 is 18.6 Å². The lowest BCUT2D eigenvalue weighted by Crippen LogP contribution is -2.40. The van der Waals surface area contributed by atoms with Crippen LogP contribution in [-0.2, 0) is 9.53 Å². The molecule has 0 bridgehead atoms. The molecule has 0 N–H and O–H groups in total. The van der Waals surface area contributed by atoms with E-state index in [9.17, 15) is 18.4 Å². The van der Waals surface area contributed by atoms with E-state index in [4.69, 9.17) is 9.47 Å². The number of fused-ring (bicyclic) bond motifs is 1. The molecule has 0 saturated heterocycles. The Morgan fingerprint density at radius 1 is 1.25 bits per heavy atom. The number of ether oxygens (including phenoxy) is 3. The van der Waals surface area contributed by atoms with E-state index in [1.54, 1.807) is 50.3 Å². The Bertz CT molecular complexity index is 1510. The van der Waals surface area contributed by atoms with Gasteiger partial charge in [-0.25, -0.2) is 9.79 Å². The number of thiazole rings is 1. The fraction of sp³-hybridized carbons (Fsp3) is 0.240. The SMILES string of the molecule is CCOC(=O)C1=C(C)N=c2s/c(=C\c3ccc(OC(F)F)cc3)c(=O)n2[C@@H]1c1cc(Br)ccc1OC. The minimum atomic E-state index is -2.92. The van der Waals surface area contributed by atoms with E-state index in [1.165, 1.54) is 23.8 Å². The van der Waals surface area contributed by atoms with Gasteiger partial charge in [0.05, 0.1) is 29.5 Å². The van der Waals surface area contributed by atoms with Crippen molar-refractivity contribution in [1.82, 2.24) is 4.57 Å². The number of benzene rings is 2. The molecule has 7 nitrogen and oxygen atoms in total. The minimum absolute atomic E-state index is 0.0139. The maximum atomic E-state index is 13.7. The number of carbonyl (C=O) groups is 1. The monoisotopic (exact) mass is 578 g/mol. The quantitative estimate of drug-likeness (QED) is 0.393. The van der Waals surface area contributed by atoms with Crippen LogP contribution in [0.15, 0.2) is 68.0 Å². The van der Waals surface area contributed by atoms with Crippen LogP contribution < -0.4 is 24.4 Å². The van der Waals surface area contributed by atoms with Crippen molar-refractivity contribution < 1.29 is 27.8 Å². The van der Waals surface area contributed by atoms with Gasteiger partial charge >= 0.3 is 12.6 Å². The van der Waals surface area contributed by atoms with Crippen molar-refractivity contribution in [2.75, 3.05) is 13.7 Å². The van der Waals surface area contributed by atoms with Gasteiger partial charge in [0.25, 0.3) is 5.56 Å². The molecule has 3 aromatic rings. The number of hydrogen-bond donors (Lipinski definition) is 0. The van der Waals surface area contributed by atoms with Crippen molar-refractivity contribution in [1.29, 1.82) is 0 Å². The summed E-state index contributed by atoms with van der Waals surface area (Å²) in [5.74, 6) is -0.0707. The van der Waals surface area contributed by atoms with E-state index >= 15 is 0 Å². The summed E-state index contributed by atoms with van der Waals surface area (Å²) in [4.78, 5) is 31.6. The van der Waals surface area contributed by atoms with Crippen molar-refractivity contribution in [3.05, 3.63) is 89.0 Å². The Morgan fingerprint density at radius 2 is 1.97 bits per heavy atom. The summed E-state index contributed by atoms with van der Waals surface area (Å²) in [7, 11) is 1.51. The highest BCUT2D eigenvalue weighted by atomic mass is 79.9. The van der Waals surface area contributed by atoms with E-state index in [0.717, 1.165) is 15.8 Å². The largest absolute Gasteiger partial charge is 0.496 e. The maximum absolute atomic E-state index is 13.7. The molecule has 0 amide bonds. The van der Waals surface area contributed by atoms with Crippen molar-refractivity contribution in [3.8, 4) is 11.5 Å². The fourth-order valence-electron chi connectivity index (χ4n) is 3.90. The zero-order valence-corrected chi connectivity index (χ0v) is 21.9. The maximum Gasteiger partial charge on any atom is 0.387 e. The number of alkyl halides is 2. The number of carbonyl (C=O) groups excluding carboxylic acids is 1. The first-order valence-corrected chi connectivity index (χ1v) is 12.4. The summed E-state index contributed by atoms with van der Waals surface area (Å²) in [6.45, 7) is 0.636. The number of allylic oxidation sites excluding steroid dienone is 1. The molecule has 4 rings (SSSR count).